The quantitative estimate of drug-likeness (QED) is 0.709. The van der Waals surface area contributed by atoms with Gasteiger partial charge in [0.05, 0.1) is 12.7 Å². The smallest absolute Gasteiger partial charge is 0.223 e. The van der Waals surface area contributed by atoms with Crippen LogP contribution in [0.3, 0.4) is 0 Å². The molecule has 2 bridgehead atoms. The van der Waals surface area contributed by atoms with Crippen molar-refractivity contribution in [3.63, 3.8) is 0 Å². The summed E-state index contributed by atoms with van der Waals surface area (Å²) in [6, 6.07) is 8.93. The van der Waals surface area contributed by atoms with Crippen molar-refractivity contribution >= 4 is 30.7 Å². The molecule has 4 rings (SSSR count). The van der Waals surface area contributed by atoms with Crippen molar-refractivity contribution in [1.82, 2.24) is 10.2 Å². The van der Waals surface area contributed by atoms with E-state index in [0.717, 1.165) is 39.1 Å². The molecule has 3 aliphatic rings. The molecule has 30 heavy (non-hydrogen) atoms. The molecule has 1 amide bonds. The fourth-order valence-corrected chi connectivity index (χ4v) is 5.47. The van der Waals surface area contributed by atoms with Crippen molar-refractivity contribution in [3.8, 4) is 0 Å². The van der Waals surface area contributed by atoms with Gasteiger partial charge in [0.15, 0.2) is 0 Å². The maximum atomic E-state index is 12.8. The van der Waals surface area contributed by atoms with Gasteiger partial charge in [0.2, 0.25) is 5.91 Å². The third-order valence-electron chi connectivity index (χ3n) is 6.97. The van der Waals surface area contributed by atoms with Gasteiger partial charge in [-0.3, -0.25) is 9.69 Å². The van der Waals surface area contributed by atoms with Crippen LogP contribution < -0.4 is 11.1 Å². The van der Waals surface area contributed by atoms with Gasteiger partial charge in [0.1, 0.15) is 0 Å². The van der Waals surface area contributed by atoms with E-state index in [-0.39, 0.29) is 36.6 Å². The second-order valence-electron chi connectivity index (χ2n) is 9.15. The third kappa shape index (κ3) is 6.33. The standard InChI is InChI=1S/C23H35N3O2.2ClH/c1-16-14-26(8-9-28-16)15-18-5-2-4-17(10-18)13-25-23(27)21-11-19-6-3-7-20(12-21)22(19)24;;/h2,4-5,10,16,19-22H,3,6-9,11-15,24H2,1H3,(H,25,27);2*1H. The summed E-state index contributed by atoms with van der Waals surface area (Å²) in [5.74, 6) is 1.45. The van der Waals surface area contributed by atoms with Crippen LogP contribution in [0.15, 0.2) is 24.3 Å². The number of benzene rings is 1. The van der Waals surface area contributed by atoms with Crippen molar-refractivity contribution in [3.05, 3.63) is 35.4 Å². The van der Waals surface area contributed by atoms with Crippen LogP contribution in [-0.2, 0) is 22.6 Å². The normalized spacial score (nSPS) is 31.2. The van der Waals surface area contributed by atoms with Crippen LogP contribution in [0.25, 0.3) is 0 Å². The van der Waals surface area contributed by atoms with E-state index in [0.29, 0.717) is 30.5 Å². The predicted molar refractivity (Wildman–Crippen MR) is 125 cm³/mol. The number of nitrogens with one attached hydrogen (secondary N) is 1. The second kappa shape index (κ2) is 11.7. The Balaban J connectivity index is 0.00000160. The second-order valence-corrected chi connectivity index (χ2v) is 9.15. The molecule has 1 saturated heterocycles. The zero-order valence-corrected chi connectivity index (χ0v) is 19.6. The average Bonchev–Trinajstić information content (AvgIpc) is 2.66. The number of amides is 1. The summed E-state index contributed by atoms with van der Waals surface area (Å²) in [7, 11) is 0. The highest BCUT2D eigenvalue weighted by atomic mass is 35.5. The zero-order valence-electron chi connectivity index (χ0n) is 17.9. The van der Waals surface area contributed by atoms with Crippen LogP contribution in [-0.4, -0.2) is 42.6 Å². The summed E-state index contributed by atoms with van der Waals surface area (Å²) in [5.41, 5.74) is 8.86. The average molecular weight is 458 g/mol. The van der Waals surface area contributed by atoms with Gasteiger partial charge < -0.3 is 15.8 Å². The Hall–Kier alpha value is -0.850. The Morgan fingerprint density at radius 1 is 1.20 bits per heavy atom. The van der Waals surface area contributed by atoms with Crippen molar-refractivity contribution < 1.29 is 9.53 Å². The molecule has 1 aromatic rings. The molecule has 1 aliphatic heterocycles. The van der Waals surface area contributed by atoms with Crippen LogP contribution in [0.1, 0.15) is 50.2 Å². The first-order valence-electron chi connectivity index (χ1n) is 11.0. The van der Waals surface area contributed by atoms with E-state index in [9.17, 15) is 4.79 Å². The molecule has 3 atom stereocenters. The number of nitrogens with two attached hydrogens (primary N) is 1. The lowest BCUT2D eigenvalue weighted by atomic mass is 9.65. The number of morpholine rings is 1. The maximum Gasteiger partial charge on any atom is 0.223 e. The minimum Gasteiger partial charge on any atom is -0.376 e. The molecule has 5 nitrogen and oxygen atoms in total. The fraction of sp³-hybridized carbons (Fsp3) is 0.696. The highest BCUT2D eigenvalue weighted by Crippen LogP contribution is 2.41. The van der Waals surface area contributed by atoms with Gasteiger partial charge in [0.25, 0.3) is 0 Å². The number of nitrogens with zero attached hydrogens (tertiary/aromatic N) is 1. The van der Waals surface area contributed by atoms with Crippen LogP contribution in [0, 0.1) is 17.8 Å². The van der Waals surface area contributed by atoms with E-state index in [2.05, 4.69) is 41.4 Å². The van der Waals surface area contributed by atoms with Crippen molar-refractivity contribution in [2.24, 2.45) is 23.5 Å². The Bertz CT molecular complexity index is 676. The van der Waals surface area contributed by atoms with Crippen molar-refractivity contribution in [2.45, 2.75) is 64.3 Å². The number of carbonyl (C=O) groups is 1. The first-order chi connectivity index (χ1) is 13.6. The summed E-state index contributed by atoms with van der Waals surface area (Å²) in [6.45, 7) is 6.46. The van der Waals surface area contributed by atoms with E-state index < -0.39 is 0 Å². The number of halogens is 2. The Kier molecular flexibility index (Phi) is 9.89. The van der Waals surface area contributed by atoms with Gasteiger partial charge in [-0.1, -0.05) is 30.7 Å². The van der Waals surface area contributed by atoms with Gasteiger partial charge in [-0.25, -0.2) is 0 Å². The summed E-state index contributed by atoms with van der Waals surface area (Å²) in [6.07, 6.45) is 5.93. The molecule has 0 radical (unpaired) electrons. The summed E-state index contributed by atoms with van der Waals surface area (Å²) in [5, 5.41) is 3.20. The van der Waals surface area contributed by atoms with E-state index in [1.807, 2.05) is 0 Å². The summed E-state index contributed by atoms with van der Waals surface area (Å²) < 4.78 is 5.63. The lowest BCUT2D eigenvalue weighted by Gasteiger charge is -2.43. The SMILES string of the molecule is CC1CN(Cc2cccc(CNC(=O)C3CC4CCCC(C3)C4N)c2)CCO1.Cl.Cl. The van der Waals surface area contributed by atoms with Gasteiger partial charge in [0, 0.05) is 38.1 Å². The van der Waals surface area contributed by atoms with E-state index in [4.69, 9.17) is 10.5 Å². The molecule has 2 saturated carbocycles. The van der Waals surface area contributed by atoms with Gasteiger partial charge in [-0.2, -0.15) is 0 Å². The monoisotopic (exact) mass is 457 g/mol. The molecule has 170 valence electrons. The number of hydrogen-bond acceptors (Lipinski definition) is 4. The highest BCUT2D eigenvalue weighted by molar-refractivity contribution is 5.85. The molecular weight excluding hydrogens is 421 g/mol. The molecule has 1 aromatic carbocycles. The highest BCUT2D eigenvalue weighted by Gasteiger charge is 2.40. The zero-order chi connectivity index (χ0) is 19.5. The number of fused-ring (bicyclic) bond motifs is 2. The Morgan fingerprint density at radius 2 is 1.90 bits per heavy atom. The molecule has 7 heteroatoms. The fourth-order valence-electron chi connectivity index (χ4n) is 5.47. The Morgan fingerprint density at radius 3 is 2.60 bits per heavy atom. The van der Waals surface area contributed by atoms with Crippen molar-refractivity contribution in [1.29, 1.82) is 0 Å². The number of rotatable bonds is 5. The maximum absolute atomic E-state index is 12.8. The molecule has 0 aromatic heterocycles. The predicted octanol–water partition coefficient (Wildman–Crippen LogP) is 3.52. The molecule has 0 spiro atoms. The van der Waals surface area contributed by atoms with Gasteiger partial charge in [-0.05, 0) is 55.6 Å². The molecule has 1 heterocycles. The van der Waals surface area contributed by atoms with E-state index in [1.54, 1.807) is 0 Å². The van der Waals surface area contributed by atoms with E-state index >= 15 is 0 Å². The lowest BCUT2D eigenvalue weighted by Crippen LogP contribution is -2.49. The van der Waals surface area contributed by atoms with Crippen LogP contribution in [0.5, 0.6) is 0 Å². The number of carbonyl (C=O) groups excluding carboxylic acids is 1. The molecule has 3 fully saturated rings. The summed E-state index contributed by atoms with van der Waals surface area (Å²) >= 11 is 0. The molecule has 3 N–H and O–H groups in total. The van der Waals surface area contributed by atoms with Gasteiger partial charge >= 0.3 is 0 Å². The molecule has 3 unspecified atom stereocenters. The minimum absolute atomic E-state index is 0. The van der Waals surface area contributed by atoms with Crippen LogP contribution >= 0.6 is 24.8 Å². The van der Waals surface area contributed by atoms with Crippen LogP contribution in [0.4, 0.5) is 0 Å². The first-order valence-corrected chi connectivity index (χ1v) is 11.0. The molecule has 2 aliphatic carbocycles. The van der Waals surface area contributed by atoms with E-state index in [1.165, 1.54) is 30.4 Å². The first kappa shape index (κ1) is 25.4. The van der Waals surface area contributed by atoms with Crippen molar-refractivity contribution in [2.75, 3.05) is 19.7 Å². The largest absolute Gasteiger partial charge is 0.376 e. The summed E-state index contributed by atoms with van der Waals surface area (Å²) in [4.78, 5) is 15.2. The molecular formula is C23H37Cl2N3O2. The number of ether oxygens (including phenoxy) is 1. The van der Waals surface area contributed by atoms with Gasteiger partial charge in [-0.15, -0.1) is 24.8 Å². The lowest BCUT2D eigenvalue weighted by molar-refractivity contribution is -0.128. The number of hydrogen-bond donors (Lipinski definition) is 2. The minimum atomic E-state index is 0. The Labute approximate surface area is 193 Å². The topological polar surface area (TPSA) is 67.6 Å². The third-order valence-corrected chi connectivity index (χ3v) is 6.97. The van der Waals surface area contributed by atoms with Crippen LogP contribution in [0.2, 0.25) is 0 Å².